The predicted molar refractivity (Wildman–Crippen MR) is 98.1 cm³/mol. The van der Waals surface area contributed by atoms with E-state index in [1.807, 2.05) is 60.7 Å². The molecular weight excluding hydrogens is 349 g/mol. The van der Waals surface area contributed by atoms with Gasteiger partial charge in [0, 0.05) is 31.3 Å². The van der Waals surface area contributed by atoms with Gasteiger partial charge in [0.1, 0.15) is 5.78 Å². The molecule has 0 aromatic heterocycles. The average molecular weight is 369 g/mol. The van der Waals surface area contributed by atoms with Gasteiger partial charge < -0.3 is 0 Å². The molecule has 3 rings (SSSR count). The van der Waals surface area contributed by atoms with Crippen molar-refractivity contribution in [1.29, 1.82) is 0 Å². The molecule has 1 fully saturated rings. The van der Waals surface area contributed by atoms with Crippen molar-refractivity contribution in [3.63, 3.8) is 0 Å². The SMILES string of the molecule is O=C1CCN(S(=O)(=O)O)CC1C(c1ccccc1)c1ccccc1.[NaH]. The van der Waals surface area contributed by atoms with Crippen LogP contribution < -0.4 is 0 Å². The number of hydrogen-bond donors (Lipinski definition) is 1. The van der Waals surface area contributed by atoms with Crippen molar-refractivity contribution in [2.45, 2.75) is 12.3 Å². The Kier molecular flexibility index (Phi) is 6.96. The fourth-order valence-corrected chi connectivity index (χ4v) is 3.98. The normalized spacial score (nSPS) is 18.8. The van der Waals surface area contributed by atoms with Gasteiger partial charge in [-0.25, -0.2) is 0 Å². The molecule has 1 heterocycles. The van der Waals surface area contributed by atoms with Gasteiger partial charge >= 0.3 is 39.9 Å². The Morgan fingerprint density at radius 2 is 1.44 bits per heavy atom. The van der Waals surface area contributed by atoms with Crippen molar-refractivity contribution >= 4 is 45.6 Å². The number of benzene rings is 2. The van der Waals surface area contributed by atoms with Crippen molar-refractivity contribution < 1.29 is 17.8 Å². The van der Waals surface area contributed by atoms with E-state index in [1.165, 1.54) is 0 Å². The first-order chi connectivity index (χ1) is 11.5. The van der Waals surface area contributed by atoms with Crippen molar-refractivity contribution in [1.82, 2.24) is 4.31 Å². The zero-order valence-corrected chi connectivity index (χ0v) is 13.9. The predicted octanol–water partition coefficient (Wildman–Crippen LogP) is 1.86. The Labute approximate surface area is 170 Å². The zero-order chi connectivity index (χ0) is 17.2. The minimum absolute atomic E-state index is 0. The molecule has 0 spiro atoms. The van der Waals surface area contributed by atoms with Gasteiger partial charge in [-0.1, -0.05) is 60.7 Å². The number of carbonyl (C=O) groups excluding carboxylic acids is 1. The van der Waals surface area contributed by atoms with Crippen LogP contribution in [0.25, 0.3) is 0 Å². The first kappa shape index (κ1) is 20.3. The van der Waals surface area contributed by atoms with Crippen LogP contribution in [0.4, 0.5) is 0 Å². The van der Waals surface area contributed by atoms with Gasteiger partial charge in [-0.05, 0) is 11.1 Å². The van der Waals surface area contributed by atoms with Crippen LogP contribution in [0.15, 0.2) is 60.7 Å². The Bertz CT molecular complexity index is 772. The van der Waals surface area contributed by atoms with Crippen LogP contribution in [0, 0.1) is 5.92 Å². The molecule has 0 amide bonds. The van der Waals surface area contributed by atoms with E-state index in [0.29, 0.717) is 0 Å². The number of carbonyl (C=O) groups is 1. The maximum atomic E-state index is 12.6. The van der Waals surface area contributed by atoms with Crippen molar-refractivity contribution in [3.8, 4) is 0 Å². The topological polar surface area (TPSA) is 74.7 Å². The summed E-state index contributed by atoms with van der Waals surface area (Å²) in [6, 6.07) is 19.2. The van der Waals surface area contributed by atoms with E-state index in [0.717, 1.165) is 15.4 Å². The van der Waals surface area contributed by atoms with Gasteiger partial charge in [0.2, 0.25) is 0 Å². The summed E-state index contributed by atoms with van der Waals surface area (Å²) in [5.74, 6) is -0.748. The molecule has 1 atom stereocenters. The van der Waals surface area contributed by atoms with E-state index < -0.39 is 16.2 Å². The molecule has 2 aromatic carbocycles. The van der Waals surface area contributed by atoms with E-state index in [2.05, 4.69) is 0 Å². The molecule has 1 aliphatic heterocycles. The quantitative estimate of drug-likeness (QED) is 0.659. The van der Waals surface area contributed by atoms with E-state index in [-0.39, 0.29) is 60.8 Å². The van der Waals surface area contributed by atoms with Crippen LogP contribution in [0.1, 0.15) is 23.5 Å². The molecule has 2 aromatic rings. The van der Waals surface area contributed by atoms with Gasteiger partial charge in [0.05, 0.1) is 0 Å². The van der Waals surface area contributed by atoms with Crippen LogP contribution in [-0.4, -0.2) is 65.7 Å². The van der Waals surface area contributed by atoms with Crippen LogP contribution in [0.3, 0.4) is 0 Å². The third kappa shape index (κ3) is 4.78. The molecular formula is C18H20NNaO4S. The first-order valence-electron chi connectivity index (χ1n) is 7.82. The Morgan fingerprint density at radius 3 is 1.88 bits per heavy atom. The van der Waals surface area contributed by atoms with Gasteiger partial charge in [-0.15, -0.1) is 0 Å². The number of nitrogens with zero attached hydrogens (tertiary/aromatic N) is 1. The van der Waals surface area contributed by atoms with E-state index >= 15 is 0 Å². The van der Waals surface area contributed by atoms with Crippen LogP contribution in [0.2, 0.25) is 0 Å². The fourth-order valence-electron chi connectivity index (χ4n) is 3.31. The molecule has 0 bridgehead atoms. The van der Waals surface area contributed by atoms with Crippen molar-refractivity contribution in [2.24, 2.45) is 5.92 Å². The number of Topliss-reactive ketones (excluding diaryl/α,β-unsaturated/α-hetero) is 1. The summed E-state index contributed by atoms with van der Waals surface area (Å²) in [6.45, 7) is 0.0244. The van der Waals surface area contributed by atoms with Crippen LogP contribution in [0.5, 0.6) is 0 Å². The summed E-state index contributed by atoms with van der Waals surface area (Å²) in [7, 11) is -4.30. The van der Waals surface area contributed by atoms with Crippen LogP contribution >= 0.6 is 0 Å². The molecule has 0 saturated carbocycles. The van der Waals surface area contributed by atoms with Gasteiger partial charge in [-0.3, -0.25) is 9.35 Å². The molecule has 5 nitrogen and oxygen atoms in total. The van der Waals surface area contributed by atoms with Crippen molar-refractivity contribution in [3.05, 3.63) is 71.8 Å². The van der Waals surface area contributed by atoms with E-state index in [9.17, 15) is 17.8 Å². The Morgan fingerprint density at radius 1 is 0.960 bits per heavy atom. The Balaban J connectivity index is 0.00000225. The fraction of sp³-hybridized carbons (Fsp3) is 0.278. The van der Waals surface area contributed by atoms with Crippen LogP contribution in [-0.2, 0) is 15.1 Å². The Hall–Kier alpha value is -1.02. The monoisotopic (exact) mass is 369 g/mol. The van der Waals surface area contributed by atoms with Gasteiger partial charge in [0.25, 0.3) is 0 Å². The zero-order valence-electron chi connectivity index (χ0n) is 13.1. The number of hydrogen-bond acceptors (Lipinski definition) is 3. The summed E-state index contributed by atoms with van der Waals surface area (Å²) < 4.78 is 33.3. The second kappa shape index (κ2) is 8.58. The number of ketones is 1. The molecule has 7 heteroatoms. The summed E-state index contributed by atoms with van der Waals surface area (Å²) in [5.41, 5.74) is 1.92. The summed E-state index contributed by atoms with van der Waals surface area (Å²) in [6.07, 6.45) is 0.112. The number of rotatable bonds is 4. The third-order valence-electron chi connectivity index (χ3n) is 4.47. The minimum atomic E-state index is -4.30. The van der Waals surface area contributed by atoms with Crippen molar-refractivity contribution in [2.75, 3.05) is 13.1 Å². The standard InChI is InChI=1S/C18H19NO4S.Na.H/c20-17-11-12-19(24(21,22)23)13-16(17)18(14-7-3-1-4-8-14)15-9-5-2-6-10-15;;/h1-10,16,18H,11-13H2,(H,21,22,23);;. The van der Waals surface area contributed by atoms with Gasteiger partial charge in [-0.2, -0.15) is 12.7 Å². The summed E-state index contributed by atoms with van der Waals surface area (Å²) in [5, 5.41) is 0. The van der Waals surface area contributed by atoms with Gasteiger partial charge in [0.15, 0.2) is 0 Å². The molecule has 1 unspecified atom stereocenters. The summed E-state index contributed by atoms with van der Waals surface area (Å²) in [4.78, 5) is 12.6. The van der Waals surface area contributed by atoms with E-state index in [1.54, 1.807) is 0 Å². The molecule has 1 aliphatic rings. The molecule has 0 aliphatic carbocycles. The second-order valence-electron chi connectivity index (χ2n) is 5.96. The molecule has 25 heavy (non-hydrogen) atoms. The molecule has 1 saturated heterocycles. The maximum absolute atomic E-state index is 12.6. The average Bonchev–Trinajstić information content (AvgIpc) is 2.58. The third-order valence-corrected chi connectivity index (χ3v) is 5.45. The molecule has 0 radical (unpaired) electrons. The van der Waals surface area contributed by atoms with E-state index in [4.69, 9.17) is 0 Å². The second-order valence-corrected chi connectivity index (χ2v) is 7.37. The summed E-state index contributed by atoms with van der Waals surface area (Å²) >= 11 is 0. The first-order valence-corrected chi connectivity index (χ1v) is 9.21. The molecule has 128 valence electrons. The number of piperidine rings is 1. The molecule has 1 N–H and O–H groups in total.